The van der Waals surface area contributed by atoms with E-state index in [1.165, 1.54) is 0 Å². The van der Waals surface area contributed by atoms with Gasteiger partial charge in [0, 0.05) is 17.0 Å². The van der Waals surface area contributed by atoms with Crippen molar-refractivity contribution in [2.75, 3.05) is 12.3 Å². The second kappa shape index (κ2) is 6.04. The van der Waals surface area contributed by atoms with E-state index < -0.39 is 10.0 Å². The maximum Gasteiger partial charge on any atom is 0.251 e. The van der Waals surface area contributed by atoms with E-state index in [0.29, 0.717) is 16.9 Å². The van der Waals surface area contributed by atoms with E-state index >= 15 is 0 Å². The van der Waals surface area contributed by atoms with E-state index in [-0.39, 0.29) is 18.2 Å². The van der Waals surface area contributed by atoms with Gasteiger partial charge in [0.1, 0.15) is 0 Å². The highest BCUT2D eigenvalue weighted by atomic mass is 32.2. The van der Waals surface area contributed by atoms with Crippen LogP contribution in [0, 0.1) is 0 Å². The van der Waals surface area contributed by atoms with E-state index in [1.54, 1.807) is 24.3 Å². The summed E-state index contributed by atoms with van der Waals surface area (Å²) in [6.07, 6.45) is 0.297. The Labute approximate surface area is 106 Å². The average molecular weight is 274 g/mol. The SMILES string of the molecule is NS(=O)(=O)CCCNC(=O)c1cccc(S)c1. The third-order valence-electron chi connectivity index (χ3n) is 2.00. The molecular weight excluding hydrogens is 260 g/mol. The molecule has 0 unspecified atom stereocenters. The van der Waals surface area contributed by atoms with Crippen LogP contribution in [0.25, 0.3) is 0 Å². The molecule has 0 aliphatic heterocycles. The van der Waals surface area contributed by atoms with Gasteiger partial charge in [-0.2, -0.15) is 0 Å². The molecule has 0 radical (unpaired) electrons. The number of carbonyl (C=O) groups is 1. The highest BCUT2D eigenvalue weighted by Gasteiger charge is 2.06. The Morgan fingerprint density at radius 1 is 1.41 bits per heavy atom. The maximum atomic E-state index is 11.6. The quantitative estimate of drug-likeness (QED) is 0.536. The maximum absolute atomic E-state index is 11.6. The van der Waals surface area contributed by atoms with Crippen molar-refractivity contribution in [2.45, 2.75) is 11.3 Å². The molecule has 0 saturated carbocycles. The molecule has 94 valence electrons. The summed E-state index contributed by atoms with van der Waals surface area (Å²) in [6.45, 7) is 0.270. The van der Waals surface area contributed by atoms with Gasteiger partial charge in [-0.3, -0.25) is 4.79 Å². The van der Waals surface area contributed by atoms with Crippen molar-refractivity contribution in [1.82, 2.24) is 5.32 Å². The van der Waals surface area contributed by atoms with Crippen LogP contribution in [0.5, 0.6) is 0 Å². The van der Waals surface area contributed by atoms with E-state index in [9.17, 15) is 13.2 Å². The summed E-state index contributed by atoms with van der Waals surface area (Å²) in [6, 6.07) is 6.79. The van der Waals surface area contributed by atoms with Crippen molar-refractivity contribution in [3.05, 3.63) is 29.8 Å². The third-order valence-corrected chi connectivity index (χ3v) is 3.14. The minimum Gasteiger partial charge on any atom is -0.352 e. The highest BCUT2D eigenvalue weighted by Crippen LogP contribution is 2.08. The molecule has 0 aromatic heterocycles. The fraction of sp³-hybridized carbons (Fsp3) is 0.300. The lowest BCUT2D eigenvalue weighted by Gasteiger charge is -2.05. The van der Waals surface area contributed by atoms with Crippen LogP contribution in [0.3, 0.4) is 0 Å². The number of benzene rings is 1. The minimum absolute atomic E-state index is 0.139. The molecule has 17 heavy (non-hydrogen) atoms. The molecule has 1 aromatic carbocycles. The monoisotopic (exact) mass is 274 g/mol. The predicted octanol–water partition coefficient (Wildman–Crippen LogP) is 0.384. The van der Waals surface area contributed by atoms with Crippen LogP contribution in [0.15, 0.2) is 29.2 Å². The van der Waals surface area contributed by atoms with Gasteiger partial charge in [-0.1, -0.05) is 6.07 Å². The molecule has 3 N–H and O–H groups in total. The lowest BCUT2D eigenvalue weighted by molar-refractivity contribution is 0.0953. The van der Waals surface area contributed by atoms with Gasteiger partial charge in [0.2, 0.25) is 10.0 Å². The summed E-state index contributed by atoms with van der Waals surface area (Å²) in [4.78, 5) is 12.3. The van der Waals surface area contributed by atoms with Crippen molar-refractivity contribution in [3.63, 3.8) is 0 Å². The number of primary sulfonamides is 1. The molecule has 1 amide bonds. The smallest absolute Gasteiger partial charge is 0.251 e. The number of sulfonamides is 1. The number of amides is 1. The molecule has 1 aromatic rings. The number of rotatable bonds is 5. The molecule has 0 saturated heterocycles. The molecule has 5 nitrogen and oxygen atoms in total. The van der Waals surface area contributed by atoms with Crippen molar-refractivity contribution in [2.24, 2.45) is 5.14 Å². The van der Waals surface area contributed by atoms with Gasteiger partial charge in [0.25, 0.3) is 5.91 Å². The predicted molar refractivity (Wildman–Crippen MR) is 68.6 cm³/mol. The Hall–Kier alpha value is -1.05. The normalized spacial score (nSPS) is 11.2. The second-order valence-corrected chi connectivity index (χ2v) is 5.78. The molecule has 7 heteroatoms. The molecule has 0 heterocycles. The first-order valence-corrected chi connectivity index (χ1v) is 7.12. The van der Waals surface area contributed by atoms with Gasteiger partial charge in [0.15, 0.2) is 0 Å². The minimum atomic E-state index is -3.46. The summed E-state index contributed by atoms with van der Waals surface area (Å²) in [5.41, 5.74) is 0.494. The Balaban J connectivity index is 2.41. The van der Waals surface area contributed by atoms with Crippen LogP contribution in [0.1, 0.15) is 16.8 Å². The zero-order valence-electron chi connectivity index (χ0n) is 9.09. The number of thiol groups is 1. The standard InChI is InChI=1S/C10H14N2O3S2/c11-17(14,15)6-2-5-12-10(13)8-3-1-4-9(16)7-8/h1,3-4,7,16H,2,5-6H2,(H,12,13)(H2,11,14,15). The molecule has 0 spiro atoms. The molecule has 0 aliphatic carbocycles. The van der Waals surface area contributed by atoms with Gasteiger partial charge >= 0.3 is 0 Å². The van der Waals surface area contributed by atoms with Gasteiger partial charge in [-0.25, -0.2) is 13.6 Å². The Morgan fingerprint density at radius 3 is 2.71 bits per heavy atom. The molecule has 0 bridgehead atoms. The fourth-order valence-electron chi connectivity index (χ4n) is 1.22. The van der Waals surface area contributed by atoms with Crippen molar-refractivity contribution < 1.29 is 13.2 Å². The molecule has 0 aliphatic rings. The zero-order chi connectivity index (χ0) is 12.9. The van der Waals surface area contributed by atoms with Gasteiger partial charge in [0.05, 0.1) is 5.75 Å². The van der Waals surface area contributed by atoms with Gasteiger partial charge < -0.3 is 5.32 Å². The number of hydrogen-bond acceptors (Lipinski definition) is 4. The Morgan fingerprint density at radius 2 is 2.12 bits per heavy atom. The number of nitrogens with two attached hydrogens (primary N) is 1. The van der Waals surface area contributed by atoms with Crippen molar-refractivity contribution in [3.8, 4) is 0 Å². The molecule has 0 fully saturated rings. The van der Waals surface area contributed by atoms with Crippen LogP contribution in [-0.2, 0) is 10.0 Å². The summed E-state index contributed by atoms with van der Waals surface area (Å²) in [7, 11) is -3.46. The third kappa shape index (κ3) is 5.71. The number of hydrogen-bond donors (Lipinski definition) is 3. The first kappa shape index (κ1) is 14.0. The van der Waals surface area contributed by atoms with Crippen molar-refractivity contribution >= 4 is 28.6 Å². The highest BCUT2D eigenvalue weighted by molar-refractivity contribution is 7.89. The van der Waals surface area contributed by atoms with Crippen LogP contribution < -0.4 is 10.5 Å². The largest absolute Gasteiger partial charge is 0.352 e. The Bertz CT molecular complexity index is 500. The summed E-state index contributed by atoms with van der Waals surface area (Å²) >= 11 is 4.12. The lowest BCUT2D eigenvalue weighted by atomic mass is 10.2. The van der Waals surface area contributed by atoms with Crippen LogP contribution in [0.4, 0.5) is 0 Å². The van der Waals surface area contributed by atoms with E-state index in [4.69, 9.17) is 5.14 Å². The summed E-state index contributed by atoms with van der Waals surface area (Å²) in [5.74, 6) is -0.393. The van der Waals surface area contributed by atoms with E-state index in [1.807, 2.05) is 0 Å². The molecule has 1 rings (SSSR count). The van der Waals surface area contributed by atoms with Crippen LogP contribution in [0.2, 0.25) is 0 Å². The molecular formula is C10H14N2O3S2. The second-order valence-electron chi connectivity index (χ2n) is 3.53. The van der Waals surface area contributed by atoms with Crippen molar-refractivity contribution in [1.29, 1.82) is 0 Å². The topological polar surface area (TPSA) is 89.3 Å². The van der Waals surface area contributed by atoms with Crippen LogP contribution >= 0.6 is 12.6 Å². The van der Waals surface area contributed by atoms with E-state index in [0.717, 1.165) is 0 Å². The zero-order valence-corrected chi connectivity index (χ0v) is 10.8. The summed E-state index contributed by atoms with van der Waals surface area (Å²) in [5, 5.41) is 7.44. The lowest BCUT2D eigenvalue weighted by Crippen LogP contribution is -2.27. The molecule has 0 atom stereocenters. The van der Waals surface area contributed by atoms with Crippen LogP contribution in [-0.4, -0.2) is 26.6 Å². The number of carbonyl (C=O) groups excluding carboxylic acids is 1. The first-order chi connectivity index (χ1) is 7.88. The van der Waals surface area contributed by atoms with Gasteiger partial charge in [-0.15, -0.1) is 12.6 Å². The summed E-state index contributed by atoms with van der Waals surface area (Å²) < 4.78 is 21.3. The van der Waals surface area contributed by atoms with E-state index in [2.05, 4.69) is 17.9 Å². The van der Waals surface area contributed by atoms with Gasteiger partial charge in [-0.05, 0) is 24.6 Å². The number of nitrogens with one attached hydrogen (secondary N) is 1. The fourth-order valence-corrected chi connectivity index (χ4v) is 2.00. The average Bonchev–Trinajstić information content (AvgIpc) is 2.23. The first-order valence-electron chi connectivity index (χ1n) is 4.96. The Kier molecular flexibility index (Phi) is 4.98.